The molecule has 0 radical (unpaired) electrons. The molecule has 2 aromatic heterocycles. The number of pyridine rings is 1. The van der Waals surface area contributed by atoms with Gasteiger partial charge in [-0.1, -0.05) is 11.6 Å². The van der Waals surface area contributed by atoms with Crippen LogP contribution in [0.1, 0.15) is 5.56 Å². The number of rotatable bonds is 4. The molecule has 1 aromatic carbocycles. The Balaban J connectivity index is 2.00. The summed E-state index contributed by atoms with van der Waals surface area (Å²) in [6, 6.07) is 6.02. The molecule has 0 atom stereocenters. The molecule has 1 amide bonds. The number of phenolic OH excluding ortho intramolecular Hbond substituents is 1. The molecule has 0 aliphatic rings. The van der Waals surface area contributed by atoms with Crippen molar-refractivity contribution in [2.75, 3.05) is 19.1 Å². The van der Waals surface area contributed by atoms with Crippen LogP contribution >= 0.6 is 11.6 Å². The fraction of sp³-hybridized carbons (Fsp3) is 0.188. The number of hydrogen-bond acceptors (Lipinski definition) is 6. The number of halogens is 1. The molecule has 25 heavy (non-hydrogen) atoms. The highest BCUT2D eigenvalue weighted by atomic mass is 35.5. The number of aromatic nitrogens is 3. The minimum absolute atomic E-state index is 0.116. The molecule has 8 nitrogen and oxygen atoms in total. The zero-order valence-corrected chi connectivity index (χ0v) is 14.4. The number of methoxy groups -OCH3 is 1. The number of ether oxygens (including phenoxy) is 1. The SMILES string of the molecule is COc1ccc(CN(C)c2cc(Cl)nc3c2ncn3C(N)=O)c(O)c1. The highest BCUT2D eigenvalue weighted by molar-refractivity contribution is 6.30. The van der Waals surface area contributed by atoms with Crippen LogP contribution in [0.3, 0.4) is 0 Å². The Morgan fingerprint density at radius 2 is 2.20 bits per heavy atom. The Kier molecular flexibility index (Phi) is 4.37. The average molecular weight is 362 g/mol. The molecule has 0 unspecified atom stereocenters. The summed E-state index contributed by atoms with van der Waals surface area (Å²) in [5.74, 6) is 0.684. The molecule has 130 valence electrons. The molecule has 0 bridgehead atoms. The summed E-state index contributed by atoms with van der Waals surface area (Å²) in [6.45, 7) is 0.384. The molecule has 0 aliphatic heterocycles. The highest BCUT2D eigenvalue weighted by Crippen LogP contribution is 2.30. The van der Waals surface area contributed by atoms with E-state index >= 15 is 0 Å². The van der Waals surface area contributed by atoms with Gasteiger partial charge in [0.1, 0.15) is 28.5 Å². The fourth-order valence-corrected chi connectivity index (χ4v) is 2.72. The van der Waals surface area contributed by atoms with Gasteiger partial charge in [0.05, 0.1) is 12.8 Å². The van der Waals surface area contributed by atoms with Gasteiger partial charge in [0.25, 0.3) is 0 Å². The van der Waals surface area contributed by atoms with Gasteiger partial charge in [0.15, 0.2) is 5.65 Å². The van der Waals surface area contributed by atoms with Crippen molar-refractivity contribution in [3.63, 3.8) is 0 Å². The van der Waals surface area contributed by atoms with Crippen LogP contribution in [0.15, 0.2) is 30.6 Å². The quantitative estimate of drug-likeness (QED) is 0.691. The van der Waals surface area contributed by atoms with Crippen LogP contribution in [0.5, 0.6) is 11.5 Å². The number of anilines is 1. The van der Waals surface area contributed by atoms with E-state index in [1.807, 2.05) is 11.9 Å². The Morgan fingerprint density at radius 3 is 2.84 bits per heavy atom. The Morgan fingerprint density at radius 1 is 1.44 bits per heavy atom. The molecule has 3 aromatic rings. The number of benzene rings is 1. The number of fused-ring (bicyclic) bond motifs is 1. The Bertz CT molecular complexity index is 956. The van der Waals surface area contributed by atoms with Gasteiger partial charge >= 0.3 is 6.03 Å². The minimum Gasteiger partial charge on any atom is -0.507 e. The predicted molar refractivity (Wildman–Crippen MR) is 94.3 cm³/mol. The third-order valence-corrected chi connectivity index (χ3v) is 4.00. The Labute approximate surface area is 148 Å². The van der Waals surface area contributed by atoms with E-state index in [4.69, 9.17) is 22.1 Å². The van der Waals surface area contributed by atoms with Gasteiger partial charge < -0.3 is 20.5 Å². The summed E-state index contributed by atoms with van der Waals surface area (Å²) in [5, 5.41) is 10.3. The molecule has 3 N–H and O–H groups in total. The number of nitrogens with zero attached hydrogens (tertiary/aromatic N) is 4. The van der Waals surface area contributed by atoms with Crippen LogP contribution in [0.25, 0.3) is 11.2 Å². The van der Waals surface area contributed by atoms with Crippen LogP contribution in [0.4, 0.5) is 10.5 Å². The number of amides is 1. The van der Waals surface area contributed by atoms with Crippen LogP contribution in [-0.2, 0) is 6.54 Å². The standard InChI is InChI=1S/C16H16ClN5O3/c1-21(7-9-3-4-10(25-2)5-12(9)23)11-6-13(17)20-15-14(11)19-8-22(15)16(18)24/h3-6,8,23H,7H2,1-2H3,(H2,18,24). The lowest BCUT2D eigenvalue weighted by Crippen LogP contribution is -2.19. The van der Waals surface area contributed by atoms with Crippen molar-refractivity contribution >= 4 is 34.5 Å². The number of primary amides is 1. The van der Waals surface area contributed by atoms with Gasteiger partial charge in [-0.2, -0.15) is 0 Å². The monoisotopic (exact) mass is 361 g/mol. The lowest BCUT2D eigenvalue weighted by atomic mass is 10.1. The van der Waals surface area contributed by atoms with Crippen molar-refractivity contribution in [1.29, 1.82) is 0 Å². The van der Waals surface area contributed by atoms with E-state index in [0.29, 0.717) is 29.1 Å². The van der Waals surface area contributed by atoms with Gasteiger partial charge in [0.2, 0.25) is 0 Å². The smallest absolute Gasteiger partial charge is 0.325 e. The predicted octanol–water partition coefficient (Wildman–Crippen LogP) is 2.36. The average Bonchev–Trinajstić information content (AvgIpc) is 2.99. The van der Waals surface area contributed by atoms with Crippen LogP contribution in [-0.4, -0.2) is 39.8 Å². The zero-order chi connectivity index (χ0) is 18.1. The highest BCUT2D eigenvalue weighted by Gasteiger charge is 2.17. The maximum absolute atomic E-state index is 11.5. The summed E-state index contributed by atoms with van der Waals surface area (Å²) in [4.78, 5) is 21.6. The molecular formula is C16H16ClN5O3. The maximum Gasteiger partial charge on any atom is 0.325 e. The molecule has 0 aliphatic carbocycles. The first-order chi connectivity index (χ1) is 11.9. The topological polar surface area (TPSA) is 107 Å². The third-order valence-electron chi connectivity index (χ3n) is 3.80. The normalized spacial score (nSPS) is 10.8. The lowest BCUT2D eigenvalue weighted by molar-refractivity contribution is 0.251. The van der Waals surface area contributed by atoms with Crippen molar-refractivity contribution in [3.8, 4) is 11.5 Å². The van der Waals surface area contributed by atoms with Crippen molar-refractivity contribution in [2.24, 2.45) is 5.73 Å². The zero-order valence-electron chi connectivity index (χ0n) is 13.6. The van der Waals surface area contributed by atoms with Gasteiger partial charge in [-0.05, 0) is 12.1 Å². The molecular weight excluding hydrogens is 346 g/mol. The van der Waals surface area contributed by atoms with Crippen molar-refractivity contribution < 1.29 is 14.6 Å². The number of imidazole rings is 1. The number of carbonyl (C=O) groups excluding carboxylic acids is 1. The summed E-state index contributed by atoms with van der Waals surface area (Å²) in [6.07, 6.45) is 1.30. The molecule has 9 heteroatoms. The number of nitrogens with two attached hydrogens (primary N) is 1. The summed E-state index contributed by atoms with van der Waals surface area (Å²) in [5.41, 5.74) is 7.43. The van der Waals surface area contributed by atoms with E-state index in [1.165, 1.54) is 13.4 Å². The van der Waals surface area contributed by atoms with E-state index in [9.17, 15) is 9.90 Å². The summed E-state index contributed by atoms with van der Waals surface area (Å²) >= 11 is 6.08. The second kappa shape index (κ2) is 6.48. The van der Waals surface area contributed by atoms with E-state index < -0.39 is 6.03 Å². The Hall–Kier alpha value is -3.00. The minimum atomic E-state index is -0.696. The van der Waals surface area contributed by atoms with Gasteiger partial charge in [0, 0.05) is 31.3 Å². The second-order valence-electron chi connectivity index (χ2n) is 5.44. The fourth-order valence-electron chi connectivity index (χ4n) is 2.54. The largest absolute Gasteiger partial charge is 0.507 e. The molecule has 0 saturated heterocycles. The van der Waals surface area contributed by atoms with E-state index in [2.05, 4.69) is 9.97 Å². The number of aromatic hydroxyl groups is 1. The molecule has 3 rings (SSSR count). The van der Waals surface area contributed by atoms with Crippen LogP contribution in [0, 0.1) is 0 Å². The molecule has 0 spiro atoms. The van der Waals surface area contributed by atoms with Crippen LogP contribution < -0.4 is 15.4 Å². The maximum atomic E-state index is 11.5. The van der Waals surface area contributed by atoms with Crippen LogP contribution in [0.2, 0.25) is 5.15 Å². The van der Waals surface area contributed by atoms with Gasteiger partial charge in [-0.3, -0.25) is 0 Å². The molecule has 2 heterocycles. The first-order valence-electron chi connectivity index (χ1n) is 7.31. The third kappa shape index (κ3) is 3.16. The molecule has 0 saturated carbocycles. The molecule has 0 fully saturated rings. The van der Waals surface area contributed by atoms with Crippen molar-refractivity contribution in [2.45, 2.75) is 6.54 Å². The van der Waals surface area contributed by atoms with Gasteiger partial charge in [-0.25, -0.2) is 19.3 Å². The van der Waals surface area contributed by atoms with Crippen molar-refractivity contribution in [1.82, 2.24) is 14.5 Å². The van der Waals surface area contributed by atoms with E-state index in [-0.39, 0.29) is 16.5 Å². The summed E-state index contributed by atoms with van der Waals surface area (Å²) < 4.78 is 6.21. The number of hydrogen-bond donors (Lipinski definition) is 2. The van der Waals surface area contributed by atoms with Gasteiger partial charge in [-0.15, -0.1) is 0 Å². The summed E-state index contributed by atoms with van der Waals surface area (Å²) in [7, 11) is 3.35. The van der Waals surface area contributed by atoms with E-state index in [0.717, 1.165) is 4.57 Å². The second-order valence-corrected chi connectivity index (χ2v) is 5.83. The number of carbonyl (C=O) groups is 1. The number of phenols is 1. The van der Waals surface area contributed by atoms with E-state index in [1.54, 1.807) is 24.3 Å². The lowest BCUT2D eigenvalue weighted by Gasteiger charge is -2.20. The first kappa shape index (κ1) is 16.8. The first-order valence-corrected chi connectivity index (χ1v) is 7.69. The van der Waals surface area contributed by atoms with Crippen molar-refractivity contribution in [3.05, 3.63) is 41.3 Å².